The van der Waals surface area contributed by atoms with E-state index in [2.05, 4.69) is 20.8 Å². The van der Waals surface area contributed by atoms with Crippen LogP contribution in [0.1, 0.15) is 62.3 Å². The molecule has 0 spiro atoms. The van der Waals surface area contributed by atoms with Crippen LogP contribution in [0.4, 0.5) is 5.13 Å². The minimum absolute atomic E-state index is 0.0184. The van der Waals surface area contributed by atoms with E-state index in [1.54, 1.807) is 31.4 Å². The van der Waals surface area contributed by atoms with Gasteiger partial charge in [-0.05, 0) is 53.8 Å². The van der Waals surface area contributed by atoms with Crippen LogP contribution in [0, 0.1) is 0 Å². The second-order valence-corrected chi connectivity index (χ2v) is 11.1. The second-order valence-electron chi connectivity index (χ2n) is 10.1. The lowest BCUT2D eigenvalue weighted by Crippen LogP contribution is -2.29. The van der Waals surface area contributed by atoms with Gasteiger partial charge in [-0.2, -0.15) is 0 Å². The normalized spacial score (nSPS) is 16.7. The van der Waals surface area contributed by atoms with Crippen molar-refractivity contribution in [3.05, 3.63) is 89.0 Å². The SMILES string of the molecule is CCCCOc1cccc(/C(O)=C2\C(=O)C(=O)N(c3nc4ccc(OC)cc4s3)C2c2ccc(C(C)C)cc2)c1. The van der Waals surface area contributed by atoms with Crippen LogP contribution in [-0.4, -0.2) is 35.5 Å². The smallest absolute Gasteiger partial charge is 0.301 e. The number of rotatable bonds is 9. The quantitative estimate of drug-likeness (QED) is 0.101. The van der Waals surface area contributed by atoms with E-state index in [4.69, 9.17) is 14.5 Å². The van der Waals surface area contributed by atoms with Gasteiger partial charge in [0.1, 0.15) is 17.3 Å². The van der Waals surface area contributed by atoms with Crippen molar-refractivity contribution in [1.82, 2.24) is 4.98 Å². The number of unbranched alkanes of at least 4 members (excludes halogenated alkanes) is 1. The molecule has 1 unspecified atom stereocenters. The van der Waals surface area contributed by atoms with Crippen molar-refractivity contribution in [1.29, 1.82) is 0 Å². The number of anilines is 1. The molecule has 1 aliphatic rings. The monoisotopic (exact) mass is 556 g/mol. The predicted molar refractivity (Wildman–Crippen MR) is 158 cm³/mol. The van der Waals surface area contributed by atoms with Gasteiger partial charge in [0.2, 0.25) is 0 Å². The Morgan fingerprint density at radius 1 is 1.05 bits per heavy atom. The van der Waals surface area contributed by atoms with Crippen LogP contribution in [0.3, 0.4) is 0 Å². The number of hydrogen-bond acceptors (Lipinski definition) is 7. The molecule has 1 atom stereocenters. The van der Waals surface area contributed by atoms with Gasteiger partial charge in [0.05, 0.1) is 35.5 Å². The van der Waals surface area contributed by atoms with Crippen LogP contribution in [0.2, 0.25) is 0 Å². The van der Waals surface area contributed by atoms with Gasteiger partial charge in [-0.1, -0.05) is 74.9 Å². The van der Waals surface area contributed by atoms with Crippen LogP contribution >= 0.6 is 11.3 Å². The zero-order valence-electron chi connectivity index (χ0n) is 23.0. The van der Waals surface area contributed by atoms with Gasteiger partial charge in [0.25, 0.3) is 5.78 Å². The third-order valence-electron chi connectivity index (χ3n) is 7.03. The summed E-state index contributed by atoms with van der Waals surface area (Å²) in [5.41, 5.74) is 2.95. The molecule has 206 valence electrons. The highest BCUT2D eigenvalue weighted by Gasteiger charge is 2.48. The zero-order chi connectivity index (χ0) is 28.4. The number of fused-ring (bicyclic) bond motifs is 1. The van der Waals surface area contributed by atoms with Crippen LogP contribution in [0.25, 0.3) is 16.0 Å². The fourth-order valence-electron chi connectivity index (χ4n) is 4.75. The number of ether oxygens (including phenoxy) is 2. The molecule has 3 aromatic carbocycles. The number of nitrogens with zero attached hydrogens (tertiary/aromatic N) is 2. The molecule has 0 radical (unpaired) electrons. The van der Waals surface area contributed by atoms with Gasteiger partial charge < -0.3 is 14.6 Å². The lowest BCUT2D eigenvalue weighted by Gasteiger charge is -2.23. The maximum absolute atomic E-state index is 13.6. The number of carbonyl (C=O) groups is 2. The van der Waals surface area contributed by atoms with Gasteiger partial charge in [-0.15, -0.1) is 0 Å². The minimum atomic E-state index is -0.853. The molecule has 1 aromatic heterocycles. The molecular weight excluding hydrogens is 524 g/mol. The number of Topliss-reactive ketones (excluding diaryl/α,β-unsaturated/α-hetero) is 1. The van der Waals surface area contributed by atoms with E-state index in [0.717, 1.165) is 23.1 Å². The first-order valence-electron chi connectivity index (χ1n) is 13.4. The van der Waals surface area contributed by atoms with Crippen molar-refractivity contribution in [2.75, 3.05) is 18.6 Å². The number of thiazole rings is 1. The summed E-state index contributed by atoms with van der Waals surface area (Å²) in [6, 6.07) is 19.4. The fraction of sp³-hybridized carbons (Fsp3) is 0.281. The van der Waals surface area contributed by atoms with Crippen molar-refractivity contribution >= 4 is 44.1 Å². The van der Waals surface area contributed by atoms with Gasteiger partial charge in [0.15, 0.2) is 5.13 Å². The summed E-state index contributed by atoms with van der Waals surface area (Å²) in [7, 11) is 1.59. The predicted octanol–water partition coefficient (Wildman–Crippen LogP) is 7.23. The maximum atomic E-state index is 13.6. The fourth-order valence-corrected chi connectivity index (χ4v) is 5.77. The third-order valence-corrected chi connectivity index (χ3v) is 8.05. The second kappa shape index (κ2) is 11.5. The molecule has 8 heteroatoms. The summed E-state index contributed by atoms with van der Waals surface area (Å²) in [6.07, 6.45) is 1.90. The highest BCUT2D eigenvalue weighted by atomic mass is 32.1. The Labute approximate surface area is 237 Å². The Morgan fingerprint density at radius 2 is 1.82 bits per heavy atom. The molecule has 7 nitrogen and oxygen atoms in total. The summed E-state index contributed by atoms with van der Waals surface area (Å²) in [6.45, 7) is 6.84. The molecule has 4 aromatic rings. The van der Waals surface area contributed by atoms with Crippen LogP contribution < -0.4 is 14.4 Å². The topological polar surface area (TPSA) is 89.0 Å². The Hall–Kier alpha value is -4.17. The van der Waals surface area contributed by atoms with Crippen molar-refractivity contribution < 1.29 is 24.2 Å². The summed E-state index contributed by atoms with van der Waals surface area (Å²) in [5.74, 6) is -0.167. The van der Waals surface area contributed by atoms with E-state index >= 15 is 0 Å². The number of aliphatic hydroxyl groups is 1. The highest BCUT2D eigenvalue weighted by molar-refractivity contribution is 7.22. The van der Waals surface area contributed by atoms with E-state index in [9.17, 15) is 14.7 Å². The highest BCUT2D eigenvalue weighted by Crippen LogP contribution is 2.45. The van der Waals surface area contributed by atoms with Crippen LogP contribution in [0.5, 0.6) is 11.5 Å². The summed E-state index contributed by atoms with van der Waals surface area (Å²) < 4.78 is 12.0. The molecule has 5 rings (SSSR count). The van der Waals surface area contributed by atoms with E-state index in [1.807, 2.05) is 42.5 Å². The summed E-state index contributed by atoms with van der Waals surface area (Å²) >= 11 is 1.30. The summed E-state index contributed by atoms with van der Waals surface area (Å²) in [4.78, 5) is 33.3. The molecule has 1 fully saturated rings. The van der Waals surface area contributed by atoms with Gasteiger partial charge >= 0.3 is 5.91 Å². The molecule has 1 N–H and O–H groups in total. The Kier molecular flexibility index (Phi) is 7.89. The average Bonchev–Trinajstić information content (AvgIpc) is 3.50. The van der Waals surface area contributed by atoms with Crippen molar-refractivity contribution in [2.45, 2.75) is 45.6 Å². The molecule has 1 saturated heterocycles. The standard InChI is InChI=1S/C32H32N2O5S/c1-5-6-16-39-24-9-7-8-22(17-24)29(35)27-28(21-12-10-20(11-13-21)19(2)3)34(31(37)30(27)36)32-33-25-15-14-23(38-4)18-26(25)40-32/h7-15,17-19,28,35H,5-6,16H2,1-4H3/b29-27+. The molecule has 40 heavy (non-hydrogen) atoms. The first kappa shape index (κ1) is 27.4. The Balaban J connectivity index is 1.64. The lowest BCUT2D eigenvalue weighted by molar-refractivity contribution is -0.132. The molecule has 0 saturated carbocycles. The number of methoxy groups -OCH3 is 1. The van der Waals surface area contributed by atoms with E-state index in [1.165, 1.54) is 16.2 Å². The van der Waals surface area contributed by atoms with Crippen molar-refractivity contribution in [2.24, 2.45) is 0 Å². The first-order chi connectivity index (χ1) is 19.3. The zero-order valence-corrected chi connectivity index (χ0v) is 23.8. The molecule has 2 heterocycles. The minimum Gasteiger partial charge on any atom is -0.507 e. The third kappa shape index (κ3) is 5.19. The number of benzene rings is 3. The first-order valence-corrected chi connectivity index (χ1v) is 14.2. The number of carbonyl (C=O) groups excluding carboxylic acids is 2. The number of amides is 1. The molecule has 0 bridgehead atoms. The average molecular weight is 557 g/mol. The van der Waals surface area contributed by atoms with E-state index in [0.29, 0.717) is 45.8 Å². The summed E-state index contributed by atoms with van der Waals surface area (Å²) in [5, 5.41) is 11.9. The van der Waals surface area contributed by atoms with Gasteiger partial charge in [-0.25, -0.2) is 4.98 Å². The number of aliphatic hydroxyl groups excluding tert-OH is 1. The Bertz CT molecular complexity index is 1590. The van der Waals surface area contributed by atoms with Crippen LogP contribution in [-0.2, 0) is 9.59 Å². The molecule has 1 aliphatic heterocycles. The van der Waals surface area contributed by atoms with Crippen molar-refractivity contribution in [3.63, 3.8) is 0 Å². The number of hydrogen-bond donors (Lipinski definition) is 1. The van der Waals surface area contributed by atoms with Gasteiger partial charge in [0, 0.05) is 5.56 Å². The molecule has 0 aliphatic carbocycles. The lowest BCUT2D eigenvalue weighted by atomic mass is 9.93. The van der Waals surface area contributed by atoms with E-state index in [-0.39, 0.29) is 11.3 Å². The molecular formula is C32H32N2O5S. The van der Waals surface area contributed by atoms with Crippen LogP contribution in [0.15, 0.2) is 72.3 Å². The largest absolute Gasteiger partial charge is 0.507 e. The molecule has 1 amide bonds. The Morgan fingerprint density at radius 3 is 2.52 bits per heavy atom. The number of ketones is 1. The van der Waals surface area contributed by atoms with Gasteiger partial charge in [-0.3, -0.25) is 14.5 Å². The number of aromatic nitrogens is 1. The van der Waals surface area contributed by atoms with E-state index < -0.39 is 17.7 Å². The maximum Gasteiger partial charge on any atom is 0.301 e. The van der Waals surface area contributed by atoms with Crippen molar-refractivity contribution in [3.8, 4) is 11.5 Å².